The maximum absolute atomic E-state index is 13.6. The summed E-state index contributed by atoms with van der Waals surface area (Å²) in [6.07, 6.45) is 5.49. The van der Waals surface area contributed by atoms with Gasteiger partial charge < -0.3 is 10.6 Å². The standard InChI is InChI=1S/C15H20ClFN2/c1-19(8-11-5-9-2-3-10(11)4-9)15-7-13(17)12(16)6-14(15)18/h6-7,9-11H,2-5,8,18H2,1H3. The Bertz CT molecular complexity index is 491. The van der Waals surface area contributed by atoms with Crippen LogP contribution in [0.3, 0.4) is 0 Å². The van der Waals surface area contributed by atoms with Gasteiger partial charge in [-0.25, -0.2) is 4.39 Å². The zero-order chi connectivity index (χ0) is 13.6. The lowest BCUT2D eigenvalue weighted by Crippen LogP contribution is -2.29. The van der Waals surface area contributed by atoms with E-state index >= 15 is 0 Å². The summed E-state index contributed by atoms with van der Waals surface area (Å²) in [5, 5.41) is 0.0922. The molecular formula is C15H20ClFN2. The first kappa shape index (κ1) is 13.0. The van der Waals surface area contributed by atoms with Gasteiger partial charge in [0, 0.05) is 19.7 Å². The Kier molecular flexibility index (Phi) is 3.34. The number of hydrogen-bond acceptors (Lipinski definition) is 2. The van der Waals surface area contributed by atoms with Crippen LogP contribution in [0.25, 0.3) is 0 Å². The fourth-order valence-corrected chi connectivity index (χ4v) is 4.10. The number of fused-ring (bicyclic) bond motifs is 2. The van der Waals surface area contributed by atoms with Crippen molar-refractivity contribution in [3.63, 3.8) is 0 Å². The highest BCUT2D eigenvalue weighted by Gasteiger charge is 2.39. The van der Waals surface area contributed by atoms with E-state index in [1.165, 1.54) is 37.8 Å². The summed E-state index contributed by atoms with van der Waals surface area (Å²) in [4.78, 5) is 2.08. The molecule has 3 atom stereocenters. The van der Waals surface area contributed by atoms with Crippen molar-refractivity contribution in [3.05, 3.63) is 23.0 Å². The molecule has 0 spiro atoms. The first-order chi connectivity index (χ1) is 9.04. The third-order valence-electron chi connectivity index (χ3n) is 4.87. The van der Waals surface area contributed by atoms with Crippen LogP contribution >= 0.6 is 11.6 Å². The Balaban J connectivity index is 1.73. The minimum atomic E-state index is -0.398. The quantitative estimate of drug-likeness (QED) is 0.851. The lowest BCUT2D eigenvalue weighted by molar-refractivity contribution is 0.337. The molecule has 2 aliphatic carbocycles. The van der Waals surface area contributed by atoms with E-state index in [0.717, 1.165) is 30.0 Å². The number of halogens is 2. The molecule has 0 heterocycles. The molecule has 19 heavy (non-hydrogen) atoms. The molecule has 2 N–H and O–H groups in total. The van der Waals surface area contributed by atoms with Gasteiger partial charge in [-0.2, -0.15) is 0 Å². The average Bonchev–Trinajstić information content (AvgIpc) is 2.95. The number of hydrogen-bond donors (Lipinski definition) is 1. The largest absolute Gasteiger partial charge is 0.397 e. The first-order valence-corrected chi connectivity index (χ1v) is 7.38. The van der Waals surface area contributed by atoms with Gasteiger partial charge in [0.05, 0.1) is 16.4 Å². The van der Waals surface area contributed by atoms with Crippen molar-refractivity contribution in [2.75, 3.05) is 24.2 Å². The van der Waals surface area contributed by atoms with Gasteiger partial charge in [0.2, 0.25) is 0 Å². The van der Waals surface area contributed by atoms with Crippen molar-refractivity contribution in [2.24, 2.45) is 17.8 Å². The van der Waals surface area contributed by atoms with E-state index in [-0.39, 0.29) is 5.02 Å². The monoisotopic (exact) mass is 282 g/mol. The molecular weight excluding hydrogens is 263 g/mol. The van der Waals surface area contributed by atoms with Crippen molar-refractivity contribution < 1.29 is 4.39 Å². The van der Waals surface area contributed by atoms with Crippen LogP contribution in [0.2, 0.25) is 5.02 Å². The molecule has 104 valence electrons. The molecule has 1 aromatic carbocycles. The molecule has 0 saturated heterocycles. The van der Waals surface area contributed by atoms with Crippen LogP contribution in [-0.4, -0.2) is 13.6 Å². The number of rotatable bonds is 3. The molecule has 3 rings (SSSR count). The SMILES string of the molecule is CN(CC1CC2CCC1C2)c1cc(F)c(Cl)cc1N. The predicted octanol–water partition coefficient (Wildman–Crippen LogP) is 3.93. The van der Waals surface area contributed by atoms with E-state index < -0.39 is 5.82 Å². The summed E-state index contributed by atoms with van der Waals surface area (Å²) in [5.41, 5.74) is 7.26. The van der Waals surface area contributed by atoms with Crippen LogP contribution in [0, 0.1) is 23.6 Å². The molecule has 2 nitrogen and oxygen atoms in total. The van der Waals surface area contributed by atoms with Gasteiger partial charge in [-0.3, -0.25) is 0 Å². The third kappa shape index (κ3) is 2.40. The topological polar surface area (TPSA) is 29.3 Å². The van der Waals surface area contributed by atoms with Gasteiger partial charge in [-0.15, -0.1) is 0 Å². The van der Waals surface area contributed by atoms with Crippen LogP contribution in [0.1, 0.15) is 25.7 Å². The van der Waals surface area contributed by atoms with Gasteiger partial charge >= 0.3 is 0 Å². The summed E-state index contributed by atoms with van der Waals surface area (Å²) in [7, 11) is 1.99. The molecule has 0 aliphatic heterocycles. The van der Waals surface area contributed by atoms with Crippen LogP contribution in [-0.2, 0) is 0 Å². The number of benzene rings is 1. The molecule has 4 heteroatoms. The number of nitrogens with zero attached hydrogens (tertiary/aromatic N) is 1. The maximum Gasteiger partial charge on any atom is 0.144 e. The summed E-state index contributed by atoms with van der Waals surface area (Å²) in [5.74, 6) is 2.14. The van der Waals surface area contributed by atoms with Crippen molar-refractivity contribution in [1.29, 1.82) is 0 Å². The number of nitrogen functional groups attached to an aromatic ring is 1. The molecule has 1 aromatic rings. The van der Waals surface area contributed by atoms with Gasteiger partial charge in [-0.05, 0) is 43.1 Å². The Labute approximate surface area is 118 Å². The fourth-order valence-electron chi connectivity index (χ4n) is 3.93. The van der Waals surface area contributed by atoms with E-state index in [2.05, 4.69) is 4.90 Å². The normalized spacial score (nSPS) is 28.9. The summed E-state index contributed by atoms with van der Waals surface area (Å²) in [6.45, 7) is 0.965. The number of anilines is 2. The highest BCUT2D eigenvalue weighted by molar-refractivity contribution is 6.31. The van der Waals surface area contributed by atoms with Gasteiger partial charge in [0.1, 0.15) is 5.82 Å². The summed E-state index contributed by atoms with van der Waals surface area (Å²) >= 11 is 5.74. The minimum absolute atomic E-state index is 0.0922. The average molecular weight is 283 g/mol. The lowest BCUT2D eigenvalue weighted by atomic mass is 9.88. The van der Waals surface area contributed by atoms with E-state index in [9.17, 15) is 4.39 Å². The van der Waals surface area contributed by atoms with Crippen LogP contribution in [0.5, 0.6) is 0 Å². The van der Waals surface area contributed by atoms with Crippen molar-refractivity contribution in [3.8, 4) is 0 Å². The second-order valence-corrected chi connectivity index (χ2v) is 6.55. The zero-order valence-electron chi connectivity index (χ0n) is 11.2. The predicted molar refractivity (Wildman–Crippen MR) is 78.0 cm³/mol. The van der Waals surface area contributed by atoms with Crippen LogP contribution < -0.4 is 10.6 Å². The van der Waals surface area contributed by atoms with E-state index in [1.807, 2.05) is 7.05 Å². The Morgan fingerprint density at radius 1 is 1.37 bits per heavy atom. The Morgan fingerprint density at radius 3 is 2.79 bits per heavy atom. The minimum Gasteiger partial charge on any atom is -0.397 e. The highest BCUT2D eigenvalue weighted by atomic mass is 35.5. The molecule has 0 amide bonds. The second kappa shape index (κ2) is 4.86. The zero-order valence-corrected chi connectivity index (χ0v) is 12.0. The maximum atomic E-state index is 13.6. The van der Waals surface area contributed by atoms with Crippen molar-refractivity contribution in [2.45, 2.75) is 25.7 Å². The number of nitrogens with two attached hydrogens (primary N) is 1. The van der Waals surface area contributed by atoms with Gasteiger partial charge in [0.25, 0.3) is 0 Å². The molecule has 0 radical (unpaired) electrons. The Morgan fingerprint density at radius 2 is 2.16 bits per heavy atom. The Hall–Kier alpha value is -0.960. The second-order valence-electron chi connectivity index (χ2n) is 6.14. The smallest absolute Gasteiger partial charge is 0.144 e. The van der Waals surface area contributed by atoms with E-state index in [4.69, 9.17) is 17.3 Å². The lowest BCUT2D eigenvalue weighted by Gasteiger charge is -2.29. The fraction of sp³-hybridized carbons (Fsp3) is 0.600. The van der Waals surface area contributed by atoms with Gasteiger partial charge in [-0.1, -0.05) is 18.0 Å². The van der Waals surface area contributed by atoms with Crippen molar-refractivity contribution >= 4 is 23.0 Å². The van der Waals surface area contributed by atoms with E-state index in [1.54, 1.807) is 0 Å². The molecule has 3 unspecified atom stereocenters. The third-order valence-corrected chi connectivity index (χ3v) is 5.16. The first-order valence-electron chi connectivity index (χ1n) is 7.00. The molecule has 0 aromatic heterocycles. The van der Waals surface area contributed by atoms with Crippen LogP contribution in [0.4, 0.5) is 15.8 Å². The van der Waals surface area contributed by atoms with E-state index in [0.29, 0.717) is 5.69 Å². The summed E-state index contributed by atoms with van der Waals surface area (Å²) < 4.78 is 13.6. The molecule has 2 bridgehead atoms. The summed E-state index contributed by atoms with van der Waals surface area (Å²) in [6, 6.07) is 2.95. The molecule has 2 aliphatic rings. The van der Waals surface area contributed by atoms with Gasteiger partial charge in [0.15, 0.2) is 0 Å². The van der Waals surface area contributed by atoms with Crippen LogP contribution in [0.15, 0.2) is 12.1 Å². The van der Waals surface area contributed by atoms with Crippen molar-refractivity contribution in [1.82, 2.24) is 0 Å². The molecule has 2 saturated carbocycles. The molecule has 2 fully saturated rings. The highest BCUT2D eigenvalue weighted by Crippen LogP contribution is 2.48.